The Morgan fingerprint density at radius 1 is 1.28 bits per heavy atom. The second kappa shape index (κ2) is 5.99. The Labute approximate surface area is 111 Å². The largest absolute Gasteiger partial charge is 0.300 e. The van der Waals surface area contributed by atoms with Crippen LogP contribution in [0.2, 0.25) is 0 Å². The minimum Gasteiger partial charge on any atom is -0.300 e. The molecule has 98 valence electrons. The van der Waals surface area contributed by atoms with Crippen LogP contribution >= 0.6 is 0 Å². The number of allylic oxidation sites excluding steroid dienone is 1. The fourth-order valence-electron chi connectivity index (χ4n) is 1.78. The Kier molecular flexibility index (Phi) is 4.89. The molecule has 0 aliphatic heterocycles. The molecular weight excluding hydrogens is 220 g/mol. The summed E-state index contributed by atoms with van der Waals surface area (Å²) in [6.45, 7) is 10.4. The van der Waals surface area contributed by atoms with E-state index < -0.39 is 0 Å². The maximum absolute atomic E-state index is 10.9. The lowest BCUT2D eigenvalue weighted by molar-refractivity contribution is -0.116. The predicted octanol–water partition coefficient (Wildman–Crippen LogP) is 4.67. The van der Waals surface area contributed by atoms with Gasteiger partial charge in [0.25, 0.3) is 0 Å². The Balaban J connectivity index is 2.85. The summed E-state index contributed by atoms with van der Waals surface area (Å²) in [5.41, 5.74) is 4.06. The van der Waals surface area contributed by atoms with Gasteiger partial charge in [0.05, 0.1) is 0 Å². The van der Waals surface area contributed by atoms with Gasteiger partial charge in [0.15, 0.2) is 0 Å². The molecule has 0 N–H and O–H groups in total. The maximum Gasteiger partial charge on any atom is 0.130 e. The topological polar surface area (TPSA) is 17.1 Å². The van der Waals surface area contributed by atoms with Crippen LogP contribution in [0.5, 0.6) is 0 Å². The highest BCUT2D eigenvalue weighted by Gasteiger charge is 2.13. The summed E-state index contributed by atoms with van der Waals surface area (Å²) in [4.78, 5) is 10.9. The smallest absolute Gasteiger partial charge is 0.130 e. The van der Waals surface area contributed by atoms with Crippen LogP contribution in [0.1, 0.15) is 57.2 Å². The first kappa shape index (κ1) is 14.7. The molecule has 0 saturated heterocycles. The number of aryl methyl sites for hydroxylation is 1. The second-order valence-electron chi connectivity index (χ2n) is 5.96. The van der Waals surface area contributed by atoms with Crippen molar-refractivity contribution in [2.24, 2.45) is 0 Å². The van der Waals surface area contributed by atoms with Crippen LogP contribution in [0.4, 0.5) is 0 Å². The first-order valence-corrected chi connectivity index (χ1v) is 6.58. The molecule has 18 heavy (non-hydrogen) atoms. The number of hydrogen-bond donors (Lipinski definition) is 0. The van der Waals surface area contributed by atoms with E-state index in [9.17, 15) is 4.79 Å². The van der Waals surface area contributed by atoms with E-state index in [-0.39, 0.29) is 11.2 Å². The Morgan fingerprint density at radius 3 is 2.50 bits per heavy atom. The Bertz CT molecular complexity index is 447. The summed E-state index contributed by atoms with van der Waals surface area (Å²) in [5.74, 6) is 0.250. The first-order valence-electron chi connectivity index (χ1n) is 6.58. The van der Waals surface area contributed by atoms with Crippen LogP contribution in [-0.4, -0.2) is 5.78 Å². The van der Waals surface area contributed by atoms with Gasteiger partial charge in [-0.05, 0) is 42.4 Å². The number of carbonyl (C=O) groups is 1. The molecule has 1 rings (SSSR count). The standard InChI is InChI=1S/C17H24O/c1-13-10-11-16(17(3,4)5)12-15(13)9-7-6-8-14(2)18/h7,9-12H,6,8H2,1-5H3/b9-7+. The van der Waals surface area contributed by atoms with Gasteiger partial charge in [0, 0.05) is 6.42 Å². The molecule has 0 saturated carbocycles. The fourth-order valence-corrected chi connectivity index (χ4v) is 1.78. The van der Waals surface area contributed by atoms with Gasteiger partial charge < -0.3 is 4.79 Å². The molecule has 1 heteroatoms. The monoisotopic (exact) mass is 244 g/mol. The van der Waals surface area contributed by atoms with Gasteiger partial charge in [0.2, 0.25) is 0 Å². The molecule has 0 unspecified atom stereocenters. The molecule has 1 aromatic carbocycles. The minimum atomic E-state index is 0.176. The fraction of sp³-hybridized carbons (Fsp3) is 0.471. The average molecular weight is 244 g/mol. The van der Waals surface area contributed by atoms with E-state index in [1.54, 1.807) is 6.92 Å². The maximum atomic E-state index is 10.9. The van der Waals surface area contributed by atoms with Crippen LogP contribution < -0.4 is 0 Å². The highest BCUT2D eigenvalue weighted by atomic mass is 16.1. The number of benzene rings is 1. The van der Waals surface area contributed by atoms with Gasteiger partial charge in [-0.3, -0.25) is 0 Å². The molecule has 1 aromatic rings. The van der Waals surface area contributed by atoms with Crippen molar-refractivity contribution >= 4 is 11.9 Å². The van der Waals surface area contributed by atoms with Crippen molar-refractivity contribution in [2.45, 2.75) is 52.9 Å². The van der Waals surface area contributed by atoms with Crippen LogP contribution in [0.15, 0.2) is 24.3 Å². The third-order valence-corrected chi connectivity index (χ3v) is 3.11. The van der Waals surface area contributed by atoms with E-state index in [4.69, 9.17) is 0 Å². The molecule has 0 heterocycles. The van der Waals surface area contributed by atoms with E-state index in [0.29, 0.717) is 6.42 Å². The van der Waals surface area contributed by atoms with E-state index in [1.807, 2.05) is 0 Å². The van der Waals surface area contributed by atoms with Crippen LogP contribution in [0.3, 0.4) is 0 Å². The highest BCUT2D eigenvalue weighted by Crippen LogP contribution is 2.25. The van der Waals surface area contributed by atoms with Gasteiger partial charge in [-0.15, -0.1) is 0 Å². The SMILES string of the molecule is CC(=O)CC/C=C/c1cc(C(C)(C)C)ccc1C. The lowest BCUT2D eigenvalue weighted by Crippen LogP contribution is -2.11. The lowest BCUT2D eigenvalue weighted by Gasteiger charge is -2.20. The molecule has 0 atom stereocenters. The van der Waals surface area contributed by atoms with Crippen molar-refractivity contribution in [2.75, 3.05) is 0 Å². The molecule has 0 fully saturated rings. The zero-order chi connectivity index (χ0) is 13.8. The van der Waals surface area contributed by atoms with Crippen molar-refractivity contribution in [3.05, 3.63) is 41.0 Å². The number of hydrogen-bond acceptors (Lipinski definition) is 1. The average Bonchev–Trinajstić information content (AvgIpc) is 2.24. The van der Waals surface area contributed by atoms with Gasteiger partial charge in [-0.2, -0.15) is 0 Å². The van der Waals surface area contributed by atoms with Crippen molar-refractivity contribution in [3.63, 3.8) is 0 Å². The molecule has 0 aliphatic carbocycles. The van der Waals surface area contributed by atoms with Crippen LogP contribution in [0.25, 0.3) is 6.08 Å². The molecule has 1 nitrogen and oxygen atoms in total. The summed E-state index contributed by atoms with van der Waals surface area (Å²) in [7, 11) is 0. The van der Waals surface area contributed by atoms with Crippen LogP contribution in [0, 0.1) is 6.92 Å². The van der Waals surface area contributed by atoms with Crippen molar-refractivity contribution in [1.82, 2.24) is 0 Å². The van der Waals surface area contributed by atoms with Gasteiger partial charge in [-0.25, -0.2) is 0 Å². The van der Waals surface area contributed by atoms with Gasteiger partial charge in [-0.1, -0.05) is 51.1 Å². The predicted molar refractivity (Wildman–Crippen MR) is 78.8 cm³/mol. The van der Waals surface area contributed by atoms with E-state index in [2.05, 4.69) is 58.0 Å². The number of carbonyl (C=O) groups excluding carboxylic acids is 1. The molecule has 0 radical (unpaired) electrons. The lowest BCUT2D eigenvalue weighted by atomic mass is 9.85. The summed E-state index contributed by atoms with van der Waals surface area (Å²) >= 11 is 0. The van der Waals surface area contributed by atoms with E-state index in [1.165, 1.54) is 16.7 Å². The zero-order valence-corrected chi connectivity index (χ0v) is 12.2. The van der Waals surface area contributed by atoms with Crippen LogP contribution in [-0.2, 0) is 10.2 Å². The third-order valence-electron chi connectivity index (χ3n) is 3.11. The van der Waals surface area contributed by atoms with Crippen molar-refractivity contribution < 1.29 is 4.79 Å². The van der Waals surface area contributed by atoms with Gasteiger partial charge in [0.1, 0.15) is 5.78 Å². The number of Topliss-reactive ketones (excluding diaryl/α,β-unsaturated/α-hetero) is 1. The minimum absolute atomic E-state index is 0.176. The molecule has 0 amide bonds. The summed E-state index contributed by atoms with van der Waals surface area (Å²) in [5, 5.41) is 0. The molecule has 0 aromatic heterocycles. The number of rotatable bonds is 4. The Hall–Kier alpha value is -1.37. The first-order chi connectivity index (χ1) is 8.30. The van der Waals surface area contributed by atoms with E-state index in [0.717, 1.165) is 6.42 Å². The second-order valence-corrected chi connectivity index (χ2v) is 5.96. The summed E-state index contributed by atoms with van der Waals surface area (Å²) < 4.78 is 0. The van der Waals surface area contributed by atoms with Gasteiger partial charge >= 0.3 is 0 Å². The van der Waals surface area contributed by atoms with E-state index >= 15 is 0 Å². The molecule has 0 spiro atoms. The summed E-state index contributed by atoms with van der Waals surface area (Å²) in [6, 6.07) is 6.62. The molecule has 0 bridgehead atoms. The highest BCUT2D eigenvalue weighted by molar-refractivity contribution is 5.75. The number of ketones is 1. The molecule has 0 aliphatic rings. The van der Waals surface area contributed by atoms with Crippen molar-refractivity contribution in [3.8, 4) is 0 Å². The quantitative estimate of drug-likeness (QED) is 0.752. The third kappa shape index (κ3) is 4.48. The van der Waals surface area contributed by atoms with Crippen molar-refractivity contribution in [1.29, 1.82) is 0 Å². The summed E-state index contributed by atoms with van der Waals surface area (Å²) in [6.07, 6.45) is 5.69. The normalized spacial score (nSPS) is 12.1. The molecular formula is C17H24O. The Morgan fingerprint density at radius 2 is 1.94 bits per heavy atom. The zero-order valence-electron chi connectivity index (χ0n) is 12.2.